The molecule has 442 valence electrons. The van der Waals surface area contributed by atoms with E-state index in [1.165, 1.54) is 6.07 Å². The van der Waals surface area contributed by atoms with Crippen LogP contribution in [0.3, 0.4) is 0 Å². The van der Waals surface area contributed by atoms with Gasteiger partial charge in [-0.2, -0.15) is 0 Å². The van der Waals surface area contributed by atoms with Gasteiger partial charge in [0, 0.05) is 68.9 Å². The van der Waals surface area contributed by atoms with Crippen molar-refractivity contribution in [3.8, 4) is 51.0 Å². The van der Waals surface area contributed by atoms with Crippen LogP contribution in [0.1, 0.15) is 79.3 Å². The number of hydrogen-bond acceptors (Lipinski definition) is 12. The van der Waals surface area contributed by atoms with Gasteiger partial charge in [-0.3, -0.25) is 0 Å². The van der Waals surface area contributed by atoms with Crippen molar-refractivity contribution in [2.75, 3.05) is 6.61 Å². The molecule has 3 aromatic heterocycles. The Hall–Kier alpha value is -8.37. The summed E-state index contributed by atoms with van der Waals surface area (Å²) in [7, 11) is 0. The van der Waals surface area contributed by atoms with E-state index in [0.717, 1.165) is 33.2 Å². The number of nitrogens with zero attached hydrogens (tertiary/aromatic N) is 3. The summed E-state index contributed by atoms with van der Waals surface area (Å²) in [4.78, 5) is 13.7. The summed E-state index contributed by atoms with van der Waals surface area (Å²) < 4.78 is 117. The van der Waals surface area contributed by atoms with Crippen LogP contribution >= 0.6 is 0 Å². The van der Waals surface area contributed by atoms with Crippen molar-refractivity contribution in [1.82, 2.24) is 15.0 Å². The fourth-order valence-electron chi connectivity index (χ4n) is 8.86. The largest absolute Gasteiger partial charge is 1.20 e. The Kier molecular flexibility index (Phi) is 19.0. The Labute approximate surface area is 535 Å². The zero-order valence-electron chi connectivity index (χ0n) is 60.3. The number of fused-ring (bicyclic) bond motifs is 5. The number of aliphatic hydroxyl groups is 1. The summed E-state index contributed by atoms with van der Waals surface area (Å²) in [6.45, 7) is 19.6. The van der Waals surface area contributed by atoms with Crippen LogP contribution in [0.5, 0.6) is 28.7 Å². The summed E-state index contributed by atoms with van der Waals surface area (Å²) in [5.41, 5.74) is 5.92. The molecule has 3 N–H and O–H groups in total. The van der Waals surface area contributed by atoms with Gasteiger partial charge in [0.05, 0.1) is 19.5 Å². The molecule has 14 heteroatoms. The van der Waals surface area contributed by atoms with Crippen LogP contribution in [-0.4, -0.2) is 85.5 Å². The lowest BCUT2D eigenvalue weighted by atomic mass is 9.98. The van der Waals surface area contributed by atoms with Crippen LogP contribution in [0.4, 0.5) is 0 Å². The Balaban J connectivity index is 0.000000196. The van der Waals surface area contributed by atoms with Crippen molar-refractivity contribution < 1.29 is 51.8 Å². The van der Waals surface area contributed by atoms with Gasteiger partial charge in [-0.25, -0.2) is 15.0 Å². The van der Waals surface area contributed by atoms with E-state index in [-0.39, 0.29) is 83.8 Å². The molecule has 87 heavy (non-hydrogen) atoms. The molecule has 0 aliphatic heterocycles. The highest BCUT2D eigenvalue weighted by Gasteiger charge is 2.46. The predicted molar refractivity (Wildman–Crippen MR) is 356 cm³/mol. The molecule has 12 nitrogen and oxygen atoms in total. The first kappa shape index (κ1) is 51.8. The summed E-state index contributed by atoms with van der Waals surface area (Å²) >= 11 is -5.05. The number of rotatable bonds is 14. The lowest BCUT2D eigenvalue weighted by molar-refractivity contribution is 0.0335. The molecule has 0 aliphatic carbocycles. The predicted octanol–water partition coefficient (Wildman–Crippen LogP) is 17.4. The molecule has 0 saturated carbocycles. The molecule has 0 unspecified atom stereocenters. The monoisotopic (exact) mass is 1200 g/mol. The summed E-state index contributed by atoms with van der Waals surface area (Å²) in [5, 5.41) is 32.3. The first-order valence-electron chi connectivity index (χ1n) is 33.5. The number of aryl methyl sites for hydroxylation is 3. The quantitative estimate of drug-likeness (QED) is 0.0888. The standard InChI is InChI=1S/2C16H12O.3C10H9NO.3C3H7O.C2H6O.2Al/c2*17-16-11-10-13(12-6-2-1-3-7-12)14-8-4-5-9-15(14)16;3*1-7-5-6-8-3-2-4-9(12)10(8)11-7;3*1-3(2)4;1-2-3;;/h2*1-11,17H;3*2-6,12H,1H3;3*3H,1-2H3;3H,2H2,1H3;;/q;;;;;3*-1;;2*+3/p-3/i2*1D,2D,3D,6D,7D;;;;;;;;;. The highest BCUT2D eigenvalue weighted by molar-refractivity contribution is 6.40. The zero-order chi connectivity index (χ0) is 70.5. The van der Waals surface area contributed by atoms with E-state index in [1.807, 2.05) is 172 Å². The fourth-order valence-corrected chi connectivity index (χ4v) is 11.7. The van der Waals surface area contributed by atoms with E-state index in [1.54, 1.807) is 55.5 Å². The average Bonchev–Trinajstić information content (AvgIpc) is 0.763. The molecule has 0 spiro atoms. The van der Waals surface area contributed by atoms with Crippen LogP contribution < -0.4 is 11.4 Å². The minimum absolute atomic E-state index is 0.0896. The summed E-state index contributed by atoms with van der Waals surface area (Å²) in [5.74, 6) is 1.84. The molecule has 0 aliphatic rings. The molecule has 0 radical (unpaired) electrons. The van der Waals surface area contributed by atoms with E-state index < -0.39 is 54.5 Å². The average molecular weight is 1200 g/mol. The molecule has 0 fully saturated rings. The summed E-state index contributed by atoms with van der Waals surface area (Å²) in [6.07, 6.45) is 0.525. The van der Waals surface area contributed by atoms with Crippen molar-refractivity contribution in [3.63, 3.8) is 0 Å². The van der Waals surface area contributed by atoms with Crippen LogP contribution in [0, 0.1) is 20.8 Å². The third-order valence-corrected chi connectivity index (χ3v) is 16.3. The van der Waals surface area contributed by atoms with Gasteiger partial charge in [0.15, 0.2) is 0 Å². The second-order valence-electron chi connectivity index (χ2n) is 20.5. The van der Waals surface area contributed by atoms with Gasteiger partial charge >= 0.3 is 30.3 Å². The maximum Gasteiger partial charge on any atom is 1.20 e. The topological polar surface area (TPSA) is 155 Å². The maximum atomic E-state index is 9.94. The molecule has 3 heterocycles. The second kappa shape index (κ2) is 31.9. The maximum absolute atomic E-state index is 9.94. The minimum Gasteiger partial charge on any atom is -0.577 e. The lowest BCUT2D eigenvalue weighted by Gasteiger charge is -2.20. The molecule has 0 atom stereocenters. The molecule has 0 amide bonds. The number of aromatic hydroxyl groups is 2. The number of aliphatic hydroxyl groups excluding tert-OH is 1. The van der Waals surface area contributed by atoms with E-state index in [0.29, 0.717) is 66.5 Å². The number of hydrogen-bond donors (Lipinski definition) is 3. The van der Waals surface area contributed by atoms with Crippen LogP contribution in [0.15, 0.2) is 224 Å². The third-order valence-electron chi connectivity index (χ3n) is 12.6. The van der Waals surface area contributed by atoms with Crippen molar-refractivity contribution in [2.24, 2.45) is 0 Å². The van der Waals surface area contributed by atoms with Crippen LogP contribution in [-0.2, 0) is 11.4 Å². The van der Waals surface area contributed by atoms with Gasteiger partial charge in [0.25, 0.3) is 0 Å². The zero-order valence-corrected chi connectivity index (χ0v) is 52.6. The van der Waals surface area contributed by atoms with E-state index >= 15 is 0 Å². The SMILES string of the molecule is CC(C)[O][Al]([O]C(C)C)[O]C(C)C.CCO.Cc1ccc2cccc(O)c2n1.[2H]c1c([2H])c([2H])c(-c2ccc(O)c3ccccc23)c([2H])c1[2H].[2H]c1c([2H])c([2H])c(-c2ccc([O][Al]([O]c3cccc4ccc(C)nc34)[O]c3cccc4ccc(C)nc34)c3ccccc23)c([2H])c1[2H]. The Morgan fingerprint density at radius 2 is 0.770 bits per heavy atom. The smallest absolute Gasteiger partial charge is 0.577 e. The second-order valence-corrected chi connectivity index (χ2v) is 23.2. The first-order chi connectivity index (χ1) is 46.2. The number of phenolic OH excluding ortho intramolecular Hbond substituents is 2. The van der Waals surface area contributed by atoms with E-state index in [2.05, 4.69) is 4.98 Å². The van der Waals surface area contributed by atoms with Crippen LogP contribution in [0.25, 0.3) is 76.5 Å². The Morgan fingerprint density at radius 1 is 0.391 bits per heavy atom. The van der Waals surface area contributed by atoms with Gasteiger partial charge in [-0.15, -0.1) is 0 Å². The molecular formula is C73H75Al2N3O9. The molecule has 9 aromatic carbocycles. The molecule has 12 aromatic rings. The van der Waals surface area contributed by atoms with Crippen molar-refractivity contribution >= 4 is 84.6 Å². The minimum atomic E-state index is -3.14. The molecular weight excluding hydrogens is 1120 g/mol. The van der Waals surface area contributed by atoms with Crippen molar-refractivity contribution in [1.29, 1.82) is 0 Å². The normalized spacial score (nSPS) is 12.4. The molecule has 12 rings (SSSR count). The van der Waals surface area contributed by atoms with Gasteiger partial charge in [0.2, 0.25) is 0 Å². The van der Waals surface area contributed by atoms with Gasteiger partial charge < -0.3 is 38.1 Å². The Morgan fingerprint density at radius 3 is 1.23 bits per heavy atom. The summed E-state index contributed by atoms with van der Waals surface area (Å²) in [6, 6.07) is 46.1. The van der Waals surface area contributed by atoms with Crippen LogP contribution in [0.2, 0.25) is 0 Å². The van der Waals surface area contributed by atoms with E-state index in [9.17, 15) is 10.2 Å². The molecule has 0 bridgehead atoms. The van der Waals surface area contributed by atoms with Crippen molar-refractivity contribution in [3.05, 3.63) is 241 Å². The lowest BCUT2D eigenvalue weighted by Crippen LogP contribution is -2.37. The number of phenols is 2. The highest BCUT2D eigenvalue weighted by atomic mass is 27.3. The third kappa shape index (κ3) is 18.1. The van der Waals surface area contributed by atoms with E-state index in [4.69, 9.17) is 51.5 Å². The number of aromatic nitrogens is 3. The number of para-hydroxylation sites is 3. The van der Waals surface area contributed by atoms with Crippen molar-refractivity contribution in [2.45, 2.75) is 87.5 Å². The Bertz CT molecular complexity index is 4620. The molecule has 0 saturated heterocycles. The first-order valence-corrected chi connectivity index (χ1v) is 31.3. The highest BCUT2D eigenvalue weighted by Crippen LogP contribution is 2.37. The fraction of sp³-hybridized carbons (Fsp3) is 0.192. The van der Waals surface area contributed by atoms with Gasteiger partial charge in [-0.1, -0.05) is 176 Å². The number of benzene rings is 9. The van der Waals surface area contributed by atoms with Gasteiger partial charge in [-0.05, 0) is 151 Å². The number of pyridine rings is 3. The van der Waals surface area contributed by atoms with Gasteiger partial charge in [0.1, 0.15) is 39.5 Å².